The quantitative estimate of drug-likeness (QED) is 0.548. The number of carbonyl (C=O) groups excluding carboxylic acids is 2. The Balaban J connectivity index is 0.000000171. The summed E-state index contributed by atoms with van der Waals surface area (Å²) in [5.74, 6) is 0.197. The minimum absolute atomic E-state index is 0.0208. The smallest absolute Gasteiger partial charge is 0.308 e. The van der Waals surface area contributed by atoms with E-state index in [1.165, 1.54) is 39.2 Å². The van der Waals surface area contributed by atoms with Gasteiger partial charge in [0.05, 0.1) is 13.0 Å². The van der Waals surface area contributed by atoms with Gasteiger partial charge in [0.2, 0.25) is 6.41 Å². The van der Waals surface area contributed by atoms with Gasteiger partial charge in [-0.15, -0.1) is 0 Å². The molecule has 1 aliphatic carbocycles. The molecule has 1 heterocycles. The first-order chi connectivity index (χ1) is 8.27. The van der Waals surface area contributed by atoms with Crippen LogP contribution in [0.2, 0.25) is 0 Å². The van der Waals surface area contributed by atoms with Gasteiger partial charge in [0.25, 0.3) is 0 Å². The van der Waals surface area contributed by atoms with Crippen LogP contribution in [-0.4, -0.2) is 37.5 Å². The molecule has 1 aliphatic heterocycles. The van der Waals surface area contributed by atoms with E-state index < -0.39 is 0 Å². The Morgan fingerprint density at radius 2 is 1.71 bits per heavy atom. The molecule has 2 aliphatic rings. The molecule has 0 aromatic heterocycles. The highest BCUT2D eigenvalue weighted by Crippen LogP contribution is 2.25. The van der Waals surface area contributed by atoms with Crippen molar-refractivity contribution in [2.24, 2.45) is 5.92 Å². The molecule has 0 bridgehead atoms. The van der Waals surface area contributed by atoms with E-state index in [1.54, 1.807) is 0 Å². The van der Waals surface area contributed by atoms with E-state index in [4.69, 9.17) is 0 Å². The molecule has 0 aromatic rings. The predicted molar refractivity (Wildman–Crippen MR) is 65.5 cm³/mol. The number of nitrogens with zero attached hydrogens (tertiary/aromatic N) is 1. The van der Waals surface area contributed by atoms with Gasteiger partial charge in [0.1, 0.15) is 0 Å². The summed E-state index contributed by atoms with van der Waals surface area (Å²) in [5.41, 5.74) is 0. The lowest BCUT2D eigenvalue weighted by Gasteiger charge is -2.21. The summed E-state index contributed by atoms with van der Waals surface area (Å²) in [5, 5.41) is 0. The number of esters is 1. The van der Waals surface area contributed by atoms with Crippen LogP contribution < -0.4 is 0 Å². The molecule has 4 nitrogen and oxygen atoms in total. The van der Waals surface area contributed by atoms with Crippen LogP contribution in [0.4, 0.5) is 0 Å². The van der Waals surface area contributed by atoms with E-state index in [0.29, 0.717) is 0 Å². The molecule has 2 fully saturated rings. The second-order valence-electron chi connectivity index (χ2n) is 4.71. The highest BCUT2D eigenvalue weighted by Gasteiger charge is 2.22. The highest BCUT2D eigenvalue weighted by atomic mass is 16.5. The summed E-state index contributed by atoms with van der Waals surface area (Å²) in [7, 11) is 1.46. The van der Waals surface area contributed by atoms with Crippen molar-refractivity contribution in [2.45, 2.75) is 44.9 Å². The van der Waals surface area contributed by atoms with Crippen LogP contribution in [0.15, 0.2) is 0 Å². The molecule has 0 spiro atoms. The Morgan fingerprint density at radius 3 is 2.12 bits per heavy atom. The molecule has 0 radical (unpaired) electrons. The van der Waals surface area contributed by atoms with Crippen molar-refractivity contribution in [3.63, 3.8) is 0 Å². The topological polar surface area (TPSA) is 46.6 Å². The fourth-order valence-corrected chi connectivity index (χ4v) is 2.35. The van der Waals surface area contributed by atoms with Crippen molar-refractivity contribution in [3.05, 3.63) is 0 Å². The lowest BCUT2D eigenvalue weighted by atomic mass is 10.1. The maximum Gasteiger partial charge on any atom is 0.308 e. The first-order valence-corrected chi connectivity index (χ1v) is 6.55. The molecule has 98 valence electrons. The molecule has 0 N–H and O–H groups in total. The van der Waals surface area contributed by atoms with Gasteiger partial charge in [-0.1, -0.05) is 12.8 Å². The largest absolute Gasteiger partial charge is 0.469 e. The Hall–Kier alpha value is -1.06. The highest BCUT2D eigenvalue weighted by molar-refractivity contribution is 5.72. The summed E-state index contributed by atoms with van der Waals surface area (Å²) in [6.07, 6.45) is 9.08. The van der Waals surface area contributed by atoms with Crippen molar-refractivity contribution in [2.75, 3.05) is 20.2 Å². The number of rotatable bonds is 2. The lowest BCUT2D eigenvalue weighted by molar-refractivity contribution is -0.145. The standard InChI is InChI=1S/C7H12O2.C6H11NO/c1-9-7(8)6-4-2-3-5-6;8-6-7-4-2-1-3-5-7/h6H,2-5H2,1H3;6H,1-5H2. The van der Waals surface area contributed by atoms with Crippen LogP contribution in [-0.2, 0) is 14.3 Å². The second-order valence-corrected chi connectivity index (χ2v) is 4.71. The van der Waals surface area contributed by atoms with E-state index in [1.807, 2.05) is 4.90 Å². The van der Waals surface area contributed by atoms with E-state index in [0.717, 1.165) is 32.3 Å². The van der Waals surface area contributed by atoms with Gasteiger partial charge in [-0.05, 0) is 32.1 Å². The number of amides is 1. The average Bonchev–Trinajstić information content (AvgIpc) is 2.93. The van der Waals surface area contributed by atoms with E-state index in [2.05, 4.69) is 4.74 Å². The molecule has 2 rings (SSSR count). The lowest BCUT2D eigenvalue weighted by Crippen LogP contribution is -2.27. The number of ether oxygens (including phenoxy) is 1. The molecular formula is C13H23NO3. The van der Waals surface area contributed by atoms with Crippen LogP contribution in [0.25, 0.3) is 0 Å². The van der Waals surface area contributed by atoms with Crippen molar-refractivity contribution in [3.8, 4) is 0 Å². The zero-order chi connectivity index (χ0) is 12.5. The third-order valence-electron chi connectivity index (χ3n) is 3.43. The Kier molecular flexibility index (Phi) is 6.67. The molecular weight excluding hydrogens is 218 g/mol. The monoisotopic (exact) mass is 241 g/mol. The maximum absolute atomic E-state index is 10.8. The normalized spacial score (nSPS) is 20.4. The van der Waals surface area contributed by atoms with Crippen molar-refractivity contribution in [1.82, 2.24) is 4.90 Å². The minimum Gasteiger partial charge on any atom is -0.469 e. The zero-order valence-electron chi connectivity index (χ0n) is 10.7. The Bertz CT molecular complexity index is 231. The number of piperidine rings is 1. The summed E-state index contributed by atoms with van der Waals surface area (Å²) in [4.78, 5) is 22.7. The van der Waals surface area contributed by atoms with Gasteiger partial charge in [-0.2, -0.15) is 0 Å². The third kappa shape index (κ3) is 5.20. The van der Waals surface area contributed by atoms with Crippen LogP contribution in [0, 0.1) is 5.92 Å². The molecule has 1 saturated carbocycles. The summed E-state index contributed by atoms with van der Waals surface area (Å²) >= 11 is 0. The first kappa shape index (κ1) is 14.0. The van der Waals surface area contributed by atoms with Gasteiger partial charge in [-0.25, -0.2) is 0 Å². The number of hydrogen-bond acceptors (Lipinski definition) is 3. The molecule has 1 saturated heterocycles. The fraction of sp³-hybridized carbons (Fsp3) is 0.846. The number of likely N-dealkylation sites (tertiary alicyclic amines) is 1. The number of hydrogen-bond donors (Lipinski definition) is 0. The molecule has 17 heavy (non-hydrogen) atoms. The summed E-state index contributed by atoms with van der Waals surface area (Å²) in [6, 6.07) is 0. The zero-order valence-corrected chi connectivity index (χ0v) is 10.7. The summed E-state index contributed by atoms with van der Waals surface area (Å²) in [6.45, 7) is 1.95. The van der Waals surface area contributed by atoms with Gasteiger partial charge < -0.3 is 9.64 Å². The van der Waals surface area contributed by atoms with Crippen LogP contribution in [0.3, 0.4) is 0 Å². The van der Waals surface area contributed by atoms with Crippen molar-refractivity contribution >= 4 is 12.4 Å². The second kappa shape index (κ2) is 8.09. The molecule has 0 aromatic carbocycles. The van der Waals surface area contributed by atoms with E-state index in [-0.39, 0.29) is 11.9 Å². The van der Waals surface area contributed by atoms with Gasteiger partial charge in [0.15, 0.2) is 0 Å². The average molecular weight is 241 g/mol. The SMILES string of the molecule is COC(=O)C1CCCC1.O=CN1CCCCC1. The molecule has 4 heteroatoms. The molecule has 0 unspecified atom stereocenters. The molecule has 0 atom stereocenters. The molecule has 1 amide bonds. The first-order valence-electron chi connectivity index (χ1n) is 6.55. The summed E-state index contributed by atoms with van der Waals surface area (Å²) < 4.78 is 4.60. The third-order valence-corrected chi connectivity index (χ3v) is 3.43. The number of methoxy groups -OCH3 is 1. The Labute approximate surface area is 103 Å². The Morgan fingerprint density at radius 1 is 1.12 bits per heavy atom. The van der Waals surface area contributed by atoms with Gasteiger partial charge in [-0.3, -0.25) is 9.59 Å². The van der Waals surface area contributed by atoms with Crippen molar-refractivity contribution in [1.29, 1.82) is 0 Å². The number of carbonyl (C=O) groups is 2. The van der Waals surface area contributed by atoms with Gasteiger partial charge in [0, 0.05) is 13.1 Å². The van der Waals surface area contributed by atoms with Crippen LogP contribution in [0.1, 0.15) is 44.9 Å². The van der Waals surface area contributed by atoms with Gasteiger partial charge >= 0.3 is 5.97 Å². The predicted octanol–water partition coefficient (Wildman–Crippen LogP) is 1.98. The minimum atomic E-state index is -0.0208. The van der Waals surface area contributed by atoms with E-state index >= 15 is 0 Å². The van der Waals surface area contributed by atoms with Crippen molar-refractivity contribution < 1.29 is 14.3 Å². The van der Waals surface area contributed by atoms with Crippen LogP contribution in [0.5, 0.6) is 0 Å². The maximum atomic E-state index is 10.8. The van der Waals surface area contributed by atoms with Crippen LogP contribution >= 0.6 is 0 Å². The van der Waals surface area contributed by atoms with E-state index in [9.17, 15) is 9.59 Å². The fourth-order valence-electron chi connectivity index (χ4n) is 2.35.